The fourth-order valence-electron chi connectivity index (χ4n) is 3.43. The second-order valence-electron chi connectivity index (χ2n) is 6.76. The second-order valence-corrected chi connectivity index (χ2v) is 6.76. The van der Waals surface area contributed by atoms with E-state index in [2.05, 4.69) is 5.32 Å². The standard InChI is InChI=1S/C23H22N2O3/c1-3-28-21-14-16(10-13-20(21)26)22-24-19-7-5-4-6-18(19)23(27)25(22)17-11-8-15(2)9-12-17/h4-14,22,24,26H,3H2,1-2H3. The fraction of sp³-hybridized carbons (Fsp3) is 0.174. The van der Waals surface area contributed by atoms with Crippen molar-refractivity contribution in [2.45, 2.75) is 20.0 Å². The highest BCUT2D eigenvalue weighted by Gasteiger charge is 2.34. The number of benzene rings is 3. The van der Waals surface area contributed by atoms with E-state index in [0.29, 0.717) is 17.9 Å². The topological polar surface area (TPSA) is 61.8 Å². The zero-order valence-corrected chi connectivity index (χ0v) is 15.8. The Bertz CT molecular complexity index is 1010. The van der Waals surface area contributed by atoms with Gasteiger partial charge in [0.2, 0.25) is 0 Å². The maximum absolute atomic E-state index is 13.4. The number of carbonyl (C=O) groups excluding carboxylic acids is 1. The molecule has 4 rings (SSSR count). The summed E-state index contributed by atoms with van der Waals surface area (Å²) >= 11 is 0. The summed E-state index contributed by atoms with van der Waals surface area (Å²) in [6.45, 7) is 4.32. The van der Waals surface area contributed by atoms with Crippen molar-refractivity contribution in [3.63, 3.8) is 0 Å². The van der Waals surface area contributed by atoms with E-state index in [9.17, 15) is 9.90 Å². The Kier molecular flexibility index (Phi) is 4.65. The van der Waals surface area contributed by atoms with Crippen molar-refractivity contribution in [1.82, 2.24) is 0 Å². The average Bonchev–Trinajstić information content (AvgIpc) is 2.71. The summed E-state index contributed by atoms with van der Waals surface area (Å²) in [6, 6.07) is 20.5. The molecule has 142 valence electrons. The van der Waals surface area contributed by atoms with Crippen LogP contribution in [0.25, 0.3) is 0 Å². The number of amides is 1. The predicted octanol–water partition coefficient (Wildman–Crippen LogP) is 4.87. The quantitative estimate of drug-likeness (QED) is 0.684. The molecule has 0 saturated heterocycles. The molecule has 5 nitrogen and oxygen atoms in total. The number of aryl methyl sites for hydroxylation is 1. The molecule has 0 bridgehead atoms. The highest BCUT2D eigenvalue weighted by Crippen LogP contribution is 2.39. The molecule has 3 aromatic rings. The Morgan fingerprint density at radius 1 is 1.07 bits per heavy atom. The van der Waals surface area contributed by atoms with Crippen molar-refractivity contribution < 1.29 is 14.6 Å². The molecule has 3 aromatic carbocycles. The van der Waals surface area contributed by atoms with Gasteiger partial charge in [-0.1, -0.05) is 35.9 Å². The molecular formula is C23H22N2O3. The van der Waals surface area contributed by atoms with Crippen LogP contribution in [0.15, 0.2) is 66.7 Å². The third kappa shape index (κ3) is 3.16. The van der Waals surface area contributed by atoms with Crippen LogP contribution in [-0.2, 0) is 0 Å². The molecule has 0 aliphatic carbocycles. The average molecular weight is 374 g/mol. The lowest BCUT2D eigenvalue weighted by Gasteiger charge is -2.38. The number of nitrogens with one attached hydrogen (secondary N) is 1. The monoisotopic (exact) mass is 374 g/mol. The molecule has 2 N–H and O–H groups in total. The number of rotatable bonds is 4. The van der Waals surface area contributed by atoms with E-state index in [-0.39, 0.29) is 11.7 Å². The summed E-state index contributed by atoms with van der Waals surface area (Å²) < 4.78 is 5.54. The maximum atomic E-state index is 13.4. The van der Waals surface area contributed by atoms with Crippen LogP contribution in [0.2, 0.25) is 0 Å². The van der Waals surface area contributed by atoms with Crippen molar-refractivity contribution in [2.24, 2.45) is 0 Å². The minimum Gasteiger partial charge on any atom is -0.504 e. The number of nitrogens with zero attached hydrogens (tertiary/aromatic N) is 1. The highest BCUT2D eigenvalue weighted by molar-refractivity contribution is 6.12. The van der Waals surface area contributed by atoms with Gasteiger partial charge >= 0.3 is 0 Å². The Hall–Kier alpha value is -3.47. The lowest BCUT2D eigenvalue weighted by atomic mass is 10.0. The predicted molar refractivity (Wildman–Crippen MR) is 110 cm³/mol. The van der Waals surface area contributed by atoms with Gasteiger partial charge in [0.25, 0.3) is 5.91 Å². The lowest BCUT2D eigenvalue weighted by Crippen LogP contribution is -2.43. The zero-order valence-electron chi connectivity index (χ0n) is 15.8. The third-order valence-corrected chi connectivity index (χ3v) is 4.84. The number of hydrogen-bond acceptors (Lipinski definition) is 4. The van der Waals surface area contributed by atoms with Crippen molar-refractivity contribution in [2.75, 3.05) is 16.8 Å². The molecule has 0 saturated carbocycles. The number of phenols is 1. The van der Waals surface area contributed by atoms with Gasteiger partial charge in [0.15, 0.2) is 11.5 Å². The molecule has 0 spiro atoms. The molecule has 1 aliphatic heterocycles. The number of para-hydroxylation sites is 1. The number of ether oxygens (including phenoxy) is 1. The number of phenolic OH excluding ortho intramolecular Hbond substituents is 1. The number of hydrogen-bond donors (Lipinski definition) is 2. The highest BCUT2D eigenvalue weighted by atomic mass is 16.5. The minimum absolute atomic E-state index is 0.0748. The maximum Gasteiger partial charge on any atom is 0.262 e. The van der Waals surface area contributed by atoms with E-state index in [4.69, 9.17) is 4.74 Å². The summed E-state index contributed by atoms with van der Waals surface area (Å²) in [7, 11) is 0. The summed E-state index contributed by atoms with van der Waals surface area (Å²) in [5.74, 6) is 0.404. The summed E-state index contributed by atoms with van der Waals surface area (Å²) in [4.78, 5) is 15.1. The van der Waals surface area contributed by atoms with Gasteiger partial charge < -0.3 is 15.2 Å². The van der Waals surface area contributed by atoms with Crippen LogP contribution in [0.5, 0.6) is 11.5 Å². The SMILES string of the molecule is CCOc1cc(C2Nc3ccccc3C(=O)N2c2ccc(C)cc2)ccc1O. The molecule has 1 unspecified atom stereocenters. The molecular weight excluding hydrogens is 352 g/mol. The van der Waals surface area contributed by atoms with Gasteiger partial charge in [0, 0.05) is 11.4 Å². The van der Waals surface area contributed by atoms with E-state index in [1.54, 1.807) is 23.1 Å². The molecule has 0 radical (unpaired) electrons. The molecule has 1 aliphatic rings. The van der Waals surface area contributed by atoms with Gasteiger partial charge in [-0.25, -0.2) is 0 Å². The van der Waals surface area contributed by atoms with Crippen molar-refractivity contribution in [1.29, 1.82) is 0 Å². The molecule has 28 heavy (non-hydrogen) atoms. The smallest absolute Gasteiger partial charge is 0.262 e. The van der Waals surface area contributed by atoms with E-state index in [1.807, 2.05) is 62.4 Å². The van der Waals surface area contributed by atoms with Crippen molar-refractivity contribution >= 4 is 17.3 Å². The van der Waals surface area contributed by atoms with E-state index in [0.717, 1.165) is 22.5 Å². The van der Waals surface area contributed by atoms with Gasteiger partial charge in [0.1, 0.15) is 6.17 Å². The van der Waals surface area contributed by atoms with Crippen LogP contribution in [0, 0.1) is 6.92 Å². The number of aromatic hydroxyl groups is 1. The number of carbonyl (C=O) groups is 1. The number of fused-ring (bicyclic) bond motifs is 1. The van der Waals surface area contributed by atoms with E-state index >= 15 is 0 Å². The van der Waals surface area contributed by atoms with E-state index in [1.165, 1.54) is 0 Å². The minimum atomic E-state index is -0.426. The third-order valence-electron chi connectivity index (χ3n) is 4.84. The van der Waals surface area contributed by atoms with Crippen LogP contribution in [0.4, 0.5) is 11.4 Å². The lowest BCUT2D eigenvalue weighted by molar-refractivity contribution is 0.0975. The zero-order chi connectivity index (χ0) is 19.7. The molecule has 1 amide bonds. The first-order valence-corrected chi connectivity index (χ1v) is 9.30. The Morgan fingerprint density at radius 3 is 2.57 bits per heavy atom. The Labute approximate surface area is 164 Å². The summed E-state index contributed by atoms with van der Waals surface area (Å²) in [5.41, 5.74) is 4.16. The van der Waals surface area contributed by atoms with Crippen LogP contribution < -0.4 is 15.0 Å². The molecule has 0 fully saturated rings. The Morgan fingerprint density at radius 2 is 1.82 bits per heavy atom. The van der Waals surface area contributed by atoms with Gasteiger partial charge in [-0.15, -0.1) is 0 Å². The van der Waals surface area contributed by atoms with Gasteiger partial charge in [-0.2, -0.15) is 0 Å². The second kappa shape index (κ2) is 7.27. The fourth-order valence-corrected chi connectivity index (χ4v) is 3.43. The van der Waals surface area contributed by atoms with Crippen molar-refractivity contribution in [3.8, 4) is 11.5 Å². The molecule has 5 heteroatoms. The molecule has 0 aromatic heterocycles. The van der Waals surface area contributed by atoms with Crippen LogP contribution in [-0.4, -0.2) is 17.6 Å². The van der Waals surface area contributed by atoms with Gasteiger partial charge in [0.05, 0.1) is 12.2 Å². The van der Waals surface area contributed by atoms with Crippen LogP contribution in [0.1, 0.15) is 34.6 Å². The van der Waals surface area contributed by atoms with Gasteiger partial charge in [-0.3, -0.25) is 9.69 Å². The first-order chi connectivity index (χ1) is 13.6. The first-order valence-electron chi connectivity index (χ1n) is 9.30. The van der Waals surface area contributed by atoms with Gasteiger partial charge in [-0.05, 0) is 55.8 Å². The Balaban J connectivity index is 1.84. The van der Waals surface area contributed by atoms with E-state index < -0.39 is 6.17 Å². The van der Waals surface area contributed by atoms with Crippen LogP contribution >= 0.6 is 0 Å². The summed E-state index contributed by atoms with van der Waals surface area (Å²) in [5, 5.41) is 13.5. The van der Waals surface area contributed by atoms with Crippen LogP contribution in [0.3, 0.4) is 0 Å². The largest absolute Gasteiger partial charge is 0.504 e. The normalized spacial score (nSPS) is 15.7. The first kappa shape index (κ1) is 17.9. The number of anilines is 2. The molecule has 1 atom stereocenters. The summed E-state index contributed by atoms with van der Waals surface area (Å²) in [6.07, 6.45) is -0.426. The molecule has 1 heterocycles. The van der Waals surface area contributed by atoms with Crippen molar-refractivity contribution in [3.05, 3.63) is 83.4 Å².